The Kier molecular flexibility index (Phi) is 2.22. The van der Waals surface area contributed by atoms with Crippen LogP contribution in [0.5, 0.6) is 0 Å². The molecule has 0 fully saturated rings. The molecule has 0 saturated carbocycles. The minimum Gasteiger partial charge on any atom is -0.319 e. The molecular weight excluding hydrogens is 195 g/mol. The molecule has 0 bridgehead atoms. The summed E-state index contributed by atoms with van der Waals surface area (Å²) in [7, 11) is 2.07. The highest BCUT2D eigenvalue weighted by Gasteiger charge is 2.06. The van der Waals surface area contributed by atoms with E-state index in [0.717, 1.165) is 16.9 Å². The summed E-state index contributed by atoms with van der Waals surface area (Å²) in [4.78, 5) is 4.41. The second-order valence-electron chi connectivity index (χ2n) is 3.68. The van der Waals surface area contributed by atoms with Crippen molar-refractivity contribution in [2.75, 3.05) is 0 Å². The molecule has 2 heterocycles. The fraction of sp³-hybridized carbons (Fsp3) is 0. The molecule has 3 heteroatoms. The first-order chi connectivity index (χ1) is 7.93. The molecule has 0 aliphatic carbocycles. The van der Waals surface area contributed by atoms with E-state index in [4.69, 9.17) is 0 Å². The van der Waals surface area contributed by atoms with Crippen molar-refractivity contribution >= 4 is 12.9 Å². The predicted octanol–water partition coefficient (Wildman–Crippen LogP) is 2.58. The molecule has 1 aliphatic heterocycles. The van der Waals surface area contributed by atoms with E-state index in [-0.39, 0.29) is 0 Å². The molecule has 16 heavy (non-hydrogen) atoms. The highest BCUT2D eigenvalue weighted by atomic mass is 15.0. The average Bonchev–Trinajstić information content (AvgIpc) is 3.01. The van der Waals surface area contributed by atoms with Crippen molar-refractivity contribution in [1.29, 1.82) is 0 Å². The molecule has 0 spiro atoms. The lowest BCUT2D eigenvalue weighted by molar-refractivity contribution is 1.12. The Hall–Kier alpha value is -2.03. The largest absolute Gasteiger partial charge is 0.319 e. The van der Waals surface area contributed by atoms with Crippen molar-refractivity contribution in [3.8, 4) is 11.3 Å². The van der Waals surface area contributed by atoms with Gasteiger partial charge in [0.25, 0.3) is 0 Å². The van der Waals surface area contributed by atoms with Crippen LogP contribution < -0.4 is 0 Å². The number of aromatic nitrogens is 2. The van der Waals surface area contributed by atoms with E-state index < -0.39 is 0 Å². The van der Waals surface area contributed by atoms with Crippen molar-refractivity contribution in [3.05, 3.63) is 61.0 Å². The Bertz CT molecular complexity index is 552. The number of imidazole rings is 1. The van der Waals surface area contributed by atoms with E-state index in [2.05, 4.69) is 30.5 Å². The van der Waals surface area contributed by atoms with Crippen molar-refractivity contribution in [2.45, 2.75) is 0 Å². The summed E-state index contributed by atoms with van der Waals surface area (Å²) in [6.45, 7) is 0. The standard InChI is InChI=1S/C13H10BN2/c1-2-5-11(6-3-1)12-9-16(10-15-12)13-7-4-8-14-13/h1-10H. The van der Waals surface area contributed by atoms with Crippen LogP contribution in [-0.2, 0) is 0 Å². The molecule has 0 N–H and O–H groups in total. The van der Waals surface area contributed by atoms with E-state index in [1.165, 1.54) is 0 Å². The van der Waals surface area contributed by atoms with E-state index >= 15 is 0 Å². The number of hydrogen-bond acceptors (Lipinski definition) is 1. The van der Waals surface area contributed by atoms with E-state index in [9.17, 15) is 0 Å². The van der Waals surface area contributed by atoms with Crippen LogP contribution in [0.3, 0.4) is 0 Å². The van der Waals surface area contributed by atoms with Crippen LogP contribution >= 0.6 is 0 Å². The molecule has 3 rings (SSSR count). The van der Waals surface area contributed by atoms with E-state index in [1.807, 2.05) is 47.3 Å². The highest BCUT2D eigenvalue weighted by molar-refractivity contribution is 6.64. The topological polar surface area (TPSA) is 17.8 Å². The van der Waals surface area contributed by atoms with Crippen LogP contribution in [0, 0.1) is 0 Å². The van der Waals surface area contributed by atoms with Gasteiger partial charge in [0.2, 0.25) is 7.28 Å². The van der Waals surface area contributed by atoms with Gasteiger partial charge in [-0.15, -0.1) is 5.98 Å². The Morgan fingerprint density at radius 1 is 1.12 bits per heavy atom. The number of allylic oxidation sites excluding steroid dienone is 2. The fourth-order valence-corrected chi connectivity index (χ4v) is 1.76. The van der Waals surface area contributed by atoms with Gasteiger partial charge >= 0.3 is 0 Å². The van der Waals surface area contributed by atoms with Gasteiger partial charge < -0.3 is 4.57 Å². The Labute approximate surface area is 95.2 Å². The lowest BCUT2D eigenvalue weighted by Crippen LogP contribution is -1.96. The van der Waals surface area contributed by atoms with Gasteiger partial charge in [-0.3, -0.25) is 0 Å². The quantitative estimate of drug-likeness (QED) is 0.689. The molecule has 2 nitrogen and oxygen atoms in total. The van der Waals surface area contributed by atoms with Crippen LogP contribution in [-0.4, -0.2) is 16.8 Å². The molecule has 1 radical (unpaired) electrons. The van der Waals surface area contributed by atoms with Gasteiger partial charge in [0.1, 0.15) is 0 Å². The summed E-state index contributed by atoms with van der Waals surface area (Å²) in [5.74, 6) is 2.03. The minimum atomic E-state index is 1.00. The van der Waals surface area contributed by atoms with Crippen LogP contribution in [0.4, 0.5) is 0 Å². The van der Waals surface area contributed by atoms with Crippen molar-refractivity contribution in [1.82, 2.24) is 9.55 Å². The van der Waals surface area contributed by atoms with Crippen LogP contribution in [0.2, 0.25) is 0 Å². The van der Waals surface area contributed by atoms with Crippen LogP contribution in [0.25, 0.3) is 16.9 Å². The summed E-state index contributed by atoms with van der Waals surface area (Å²) in [5, 5.41) is 0. The van der Waals surface area contributed by atoms with E-state index in [0.29, 0.717) is 0 Å². The maximum absolute atomic E-state index is 4.41. The second-order valence-corrected chi connectivity index (χ2v) is 3.68. The number of benzene rings is 1. The first-order valence-electron chi connectivity index (χ1n) is 5.25. The normalized spacial score (nSPS) is 13.6. The Morgan fingerprint density at radius 2 is 2.00 bits per heavy atom. The maximum Gasteiger partial charge on any atom is 0.204 e. The third-order valence-corrected chi connectivity index (χ3v) is 2.60. The van der Waals surface area contributed by atoms with Gasteiger partial charge in [0, 0.05) is 11.8 Å². The van der Waals surface area contributed by atoms with Gasteiger partial charge in [-0.1, -0.05) is 42.5 Å². The molecule has 0 saturated heterocycles. The van der Waals surface area contributed by atoms with Gasteiger partial charge in [-0.25, -0.2) is 4.98 Å². The summed E-state index contributed by atoms with van der Waals surface area (Å²) in [5.41, 5.74) is 3.30. The number of rotatable bonds is 2. The van der Waals surface area contributed by atoms with Crippen LogP contribution in [0.15, 0.2) is 61.0 Å². The maximum atomic E-state index is 4.41. The SMILES string of the molecule is [B]1C=CC=C1n1cnc(-c2ccccc2)c1. The molecule has 1 aromatic carbocycles. The molecular formula is C13H10BN2. The first-order valence-corrected chi connectivity index (χ1v) is 5.25. The average molecular weight is 205 g/mol. The van der Waals surface area contributed by atoms with Crippen molar-refractivity contribution in [2.24, 2.45) is 0 Å². The molecule has 1 aliphatic rings. The zero-order valence-electron chi connectivity index (χ0n) is 8.75. The number of nitrogens with zero attached hydrogens (tertiary/aromatic N) is 2. The van der Waals surface area contributed by atoms with Gasteiger partial charge in [-0.2, -0.15) is 0 Å². The smallest absolute Gasteiger partial charge is 0.204 e. The zero-order chi connectivity index (χ0) is 10.8. The monoisotopic (exact) mass is 205 g/mol. The fourth-order valence-electron chi connectivity index (χ4n) is 1.76. The molecule has 0 atom stereocenters. The third kappa shape index (κ3) is 1.61. The summed E-state index contributed by atoms with van der Waals surface area (Å²) < 4.78 is 2.03. The first kappa shape index (κ1) is 9.22. The molecule has 0 unspecified atom stereocenters. The predicted molar refractivity (Wildman–Crippen MR) is 66.8 cm³/mol. The summed E-state index contributed by atoms with van der Waals surface area (Å²) >= 11 is 0. The summed E-state index contributed by atoms with van der Waals surface area (Å²) in [6, 6.07) is 10.2. The second kappa shape index (κ2) is 3.85. The molecule has 0 amide bonds. The van der Waals surface area contributed by atoms with Crippen molar-refractivity contribution in [3.63, 3.8) is 0 Å². The Morgan fingerprint density at radius 3 is 2.75 bits per heavy atom. The van der Waals surface area contributed by atoms with Gasteiger partial charge in [0.15, 0.2) is 0 Å². The zero-order valence-corrected chi connectivity index (χ0v) is 8.75. The van der Waals surface area contributed by atoms with Crippen molar-refractivity contribution < 1.29 is 0 Å². The molecule has 1 aromatic heterocycles. The minimum absolute atomic E-state index is 1.00. The third-order valence-electron chi connectivity index (χ3n) is 2.60. The Balaban J connectivity index is 1.94. The number of hydrogen-bond donors (Lipinski definition) is 0. The molecule has 75 valence electrons. The lowest BCUT2D eigenvalue weighted by Gasteiger charge is -2.00. The van der Waals surface area contributed by atoms with E-state index in [1.54, 1.807) is 0 Å². The lowest BCUT2D eigenvalue weighted by atomic mass is 9.78. The summed E-state index contributed by atoms with van der Waals surface area (Å²) in [6.07, 6.45) is 7.98. The van der Waals surface area contributed by atoms with Crippen LogP contribution in [0.1, 0.15) is 0 Å². The molecule has 2 aromatic rings. The highest BCUT2D eigenvalue weighted by Crippen LogP contribution is 2.18. The van der Waals surface area contributed by atoms with Gasteiger partial charge in [0.05, 0.1) is 12.0 Å². The van der Waals surface area contributed by atoms with Gasteiger partial charge in [-0.05, 0) is 5.60 Å².